The smallest absolute Gasteiger partial charge is 0.0739 e. The Bertz CT molecular complexity index is 774. The van der Waals surface area contributed by atoms with E-state index in [9.17, 15) is 0 Å². The molecule has 0 unspecified atom stereocenters. The van der Waals surface area contributed by atoms with E-state index in [2.05, 4.69) is 19.9 Å². The maximum absolute atomic E-state index is 6.11. The lowest BCUT2D eigenvalue weighted by atomic mass is 10.0. The molecule has 0 saturated carbocycles. The van der Waals surface area contributed by atoms with E-state index < -0.39 is 0 Å². The van der Waals surface area contributed by atoms with Crippen molar-refractivity contribution in [2.45, 2.75) is 13.8 Å². The van der Waals surface area contributed by atoms with Gasteiger partial charge in [-0.05, 0) is 49.2 Å². The summed E-state index contributed by atoms with van der Waals surface area (Å²) in [4.78, 5) is 4.88. The van der Waals surface area contributed by atoms with Crippen molar-refractivity contribution < 1.29 is 0 Å². The second-order valence-electron chi connectivity index (χ2n) is 5.34. The van der Waals surface area contributed by atoms with Crippen LogP contribution in [0.2, 0.25) is 10.0 Å². The van der Waals surface area contributed by atoms with Crippen LogP contribution < -0.4 is 0 Å². The lowest BCUT2D eigenvalue weighted by Gasteiger charge is -2.12. The van der Waals surface area contributed by atoms with E-state index in [0.717, 1.165) is 33.6 Å². The second kappa shape index (κ2) is 6.12. The van der Waals surface area contributed by atoms with Crippen LogP contribution in [0.1, 0.15) is 11.1 Å². The molecule has 22 heavy (non-hydrogen) atoms. The Morgan fingerprint density at radius 1 is 0.682 bits per heavy atom. The molecular formula is C19H15Cl2N. The largest absolute Gasteiger partial charge is 0.247 e. The third-order valence-corrected chi connectivity index (χ3v) is 4.07. The van der Waals surface area contributed by atoms with Gasteiger partial charge in [-0.2, -0.15) is 0 Å². The zero-order valence-electron chi connectivity index (χ0n) is 12.4. The van der Waals surface area contributed by atoms with Crippen LogP contribution in [0.4, 0.5) is 0 Å². The van der Waals surface area contributed by atoms with E-state index in [1.807, 2.05) is 48.5 Å². The lowest BCUT2D eigenvalue weighted by Crippen LogP contribution is -1.95. The molecule has 0 aliphatic rings. The third kappa shape index (κ3) is 3.01. The van der Waals surface area contributed by atoms with Gasteiger partial charge < -0.3 is 0 Å². The summed E-state index contributed by atoms with van der Waals surface area (Å²) in [5.41, 5.74) is 6.20. The van der Waals surface area contributed by atoms with E-state index in [-0.39, 0.29) is 0 Å². The molecule has 1 heterocycles. The molecule has 0 fully saturated rings. The average Bonchev–Trinajstić information content (AvgIpc) is 2.47. The standard InChI is InChI=1S/C19H15Cl2N/c1-12-9-13(2)19(15-6-4-8-17(21)11-15)22-18(12)14-5-3-7-16(20)10-14/h3-11H,1-2H3. The van der Waals surface area contributed by atoms with Crippen molar-refractivity contribution in [1.29, 1.82) is 0 Å². The Morgan fingerprint density at radius 2 is 1.14 bits per heavy atom. The molecule has 0 saturated heterocycles. The highest BCUT2D eigenvalue weighted by molar-refractivity contribution is 6.31. The highest BCUT2D eigenvalue weighted by Crippen LogP contribution is 2.30. The number of pyridine rings is 1. The Balaban J connectivity index is 2.19. The van der Waals surface area contributed by atoms with Crippen LogP contribution in [0.15, 0.2) is 54.6 Å². The quantitative estimate of drug-likeness (QED) is 0.535. The first-order chi connectivity index (χ1) is 10.5. The predicted molar refractivity (Wildman–Crippen MR) is 94.6 cm³/mol. The highest BCUT2D eigenvalue weighted by atomic mass is 35.5. The molecule has 0 N–H and O–H groups in total. The molecule has 0 bridgehead atoms. The normalized spacial score (nSPS) is 10.7. The van der Waals surface area contributed by atoms with Crippen LogP contribution in [0.5, 0.6) is 0 Å². The Hall–Kier alpha value is -1.83. The molecule has 110 valence electrons. The van der Waals surface area contributed by atoms with Gasteiger partial charge in [0, 0.05) is 21.2 Å². The molecule has 2 aromatic carbocycles. The first-order valence-corrected chi connectivity index (χ1v) is 7.80. The number of aromatic nitrogens is 1. The molecule has 1 aromatic heterocycles. The third-order valence-electron chi connectivity index (χ3n) is 3.60. The number of benzene rings is 2. The molecule has 3 heteroatoms. The van der Waals surface area contributed by atoms with Crippen molar-refractivity contribution in [2.75, 3.05) is 0 Å². The summed E-state index contributed by atoms with van der Waals surface area (Å²) in [6.07, 6.45) is 0. The number of rotatable bonds is 2. The number of hydrogen-bond donors (Lipinski definition) is 0. The van der Waals surface area contributed by atoms with Gasteiger partial charge in [-0.25, -0.2) is 4.98 Å². The molecule has 0 radical (unpaired) electrons. The summed E-state index contributed by atoms with van der Waals surface area (Å²) >= 11 is 12.2. The molecule has 0 aliphatic heterocycles. The molecule has 3 rings (SSSR count). The summed E-state index contributed by atoms with van der Waals surface area (Å²) in [6.45, 7) is 4.13. The molecule has 0 amide bonds. The fourth-order valence-corrected chi connectivity index (χ4v) is 2.99. The van der Waals surface area contributed by atoms with Crippen LogP contribution in [-0.4, -0.2) is 4.98 Å². The van der Waals surface area contributed by atoms with E-state index >= 15 is 0 Å². The van der Waals surface area contributed by atoms with Gasteiger partial charge in [0.1, 0.15) is 0 Å². The lowest BCUT2D eigenvalue weighted by molar-refractivity contribution is 1.23. The summed E-state index contributed by atoms with van der Waals surface area (Å²) in [7, 11) is 0. The molecular weight excluding hydrogens is 313 g/mol. The summed E-state index contributed by atoms with van der Waals surface area (Å²) in [6, 6.07) is 17.7. The van der Waals surface area contributed by atoms with Crippen molar-refractivity contribution in [2.24, 2.45) is 0 Å². The minimum absolute atomic E-state index is 0.712. The number of aryl methyl sites for hydroxylation is 2. The monoisotopic (exact) mass is 327 g/mol. The second-order valence-corrected chi connectivity index (χ2v) is 6.21. The highest BCUT2D eigenvalue weighted by Gasteiger charge is 2.11. The number of nitrogens with zero attached hydrogens (tertiary/aromatic N) is 1. The van der Waals surface area contributed by atoms with Gasteiger partial charge in [0.05, 0.1) is 11.4 Å². The average molecular weight is 328 g/mol. The van der Waals surface area contributed by atoms with E-state index in [1.165, 1.54) is 0 Å². The van der Waals surface area contributed by atoms with E-state index in [0.29, 0.717) is 10.0 Å². The zero-order valence-corrected chi connectivity index (χ0v) is 13.9. The van der Waals surface area contributed by atoms with Gasteiger partial charge in [-0.1, -0.05) is 53.5 Å². The Morgan fingerprint density at radius 3 is 1.55 bits per heavy atom. The van der Waals surface area contributed by atoms with Gasteiger partial charge >= 0.3 is 0 Å². The van der Waals surface area contributed by atoms with E-state index in [1.54, 1.807) is 0 Å². The van der Waals surface area contributed by atoms with Gasteiger partial charge in [-0.3, -0.25) is 0 Å². The van der Waals surface area contributed by atoms with Crippen LogP contribution in [0, 0.1) is 13.8 Å². The fourth-order valence-electron chi connectivity index (χ4n) is 2.61. The van der Waals surface area contributed by atoms with E-state index in [4.69, 9.17) is 28.2 Å². The Labute approximate surface area is 140 Å². The molecule has 0 spiro atoms. The van der Waals surface area contributed by atoms with Crippen LogP contribution in [0.3, 0.4) is 0 Å². The Kier molecular flexibility index (Phi) is 4.19. The SMILES string of the molecule is Cc1cc(C)c(-c2cccc(Cl)c2)nc1-c1cccc(Cl)c1. The number of halogens is 2. The van der Waals surface area contributed by atoms with Crippen molar-refractivity contribution >= 4 is 23.2 Å². The minimum Gasteiger partial charge on any atom is -0.247 e. The predicted octanol–water partition coefficient (Wildman–Crippen LogP) is 6.34. The van der Waals surface area contributed by atoms with Crippen LogP contribution in [0.25, 0.3) is 22.5 Å². The van der Waals surface area contributed by atoms with Gasteiger partial charge in [0.15, 0.2) is 0 Å². The first kappa shape index (κ1) is 15.1. The maximum atomic E-state index is 6.11. The zero-order chi connectivity index (χ0) is 15.7. The van der Waals surface area contributed by atoms with Crippen LogP contribution in [-0.2, 0) is 0 Å². The van der Waals surface area contributed by atoms with Gasteiger partial charge in [0.25, 0.3) is 0 Å². The van der Waals surface area contributed by atoms with Crippen LogP contribution >= 0.6 is 23.2 Å². The topological polar surface area (TPSA) is 12.9 Å². The van der Waals surface area contributed by atoms with Crippen molar-refractivity contribution in [3.8, 4) is 22.5 Å². The first-order valence-electron chi connectivity index (χ1n) is 7.05. The summed E-state index contributed by atoms with van der Waals surface area (Å²) in [5.74, 6) is 0. The molecule has 1 nitrogen and oxygen atoms in total. The van der Waals surface area contributed by atoms with Crippen molar-refractivity contribution in [3.05, 3.63) is 75.8 Å². The summed E-state index contributed by atoms with van der Waals surface area (Å²) in [5, 5.41) is 1.42. The van der Waals surface area contributed by atoms with Gasteiger partial charge in [-0.15, -0.1) is 0 Å². The van der Waals surface area contributed by atoms with Crippen molar-refractivity contribution in [1.82, 2.24) is 4.98 Å². The van der Waals surface area contributed by atoms with Gasteiger partial charge in [0.2, 0.25) is 0 Å². The number of hydrogen-bond acceptors (Lipinski definition) is 1. The molecule has 0 aliphatic carbocycles. The molecule has 0 atom stereocenters. The maximum Gasteiger partial charge on any atom is 0.0739 e. The molecule has 3 aromatic rings. The fraction of sp³-hybridized carbons (Fsp3) is 0.105. The summed E-state index contributed by atoms with van der Waals surface area (Å²) < 4.78 is 0. The minimum atomic E-state index is 0.712. The van der Waals surface area contributed by atoms with Crippen molar-refractivity contribution in [3.63, 3.8) is 0 Å².